The van der Waals surface area contributed by atoms with Crippen molar-refractivity contribution >= 4 is 17.1 Å². The summed E-state index contributed by atoms with van der Waals surface area (Å²) in [5.41, 5.74) is 8.65. The molecule has 5 heteroatoms. The van der Waals surface area contributed by atoms with Gasteiger partial charge in [-0.2, -0.15) is 0 Å². The van der Waals surface area contributed by atoms with Crippen molar-refractivity contribution in [3.05, 3.63) is 63.7 Å². The maximum Gasteiger partial charge on any atom is 0.315 e. The molecule has 0 saturated carbocycles. The van der Waals surface area contributed by atoms with E-state index in [-0.39, 0.29) is 11.4 Å². The highest BCUT2D eigenvalue weighted by Crippen LogP contribution is 2.33. The summed E-state index contributed by atoms with van der Waals surface area (Å²) >= 11 is 0. The van der Waals surface area contributed by atoms with Crippen LogP contribution >= 0.6 is 0 Å². The van der Waals surface area contributed by atoms with Gasteiger partial charge in [-0.1, -0.05) is 35.9 Å². The molecule has 5 nitrogen and oxygen atoms in total. The summed E-state index contributed by atoms with van der Waals surface area (Å²) in [6.07, 6.45) is 0. The van der Waals surface area contributed by atoms with E-state index >= 15 is 0 Å². The van der Waals surface area contributed by atoms with Gasteiger partial charge in [0, 0.05) is 13.6 Å². The number of hydrogen-bond donors (Lipinski definition) is 1. The molecule has 2 aromatic carbocycles. The molecule has 20 heavy (non-hydrogen) atoms. The molecule has 0 bridgehead atoms. The first-order valence-electron chi connectivity index (χ1n) is 6.28. The Kier molecular flexibility index (Phi) is 3.89. The van der Waals surface area contributed by atoms with Gasteiger partial charge in [-0.3, -0.25) is 10.1 Å². The molecule has 2 rings (SSSR count). The highest BCUT2D eigenvalue weighted by atomic mass is 16.6. The van der Waals surface area contributed by atoms with E-state index in [1.165, 1.54) is 5.56 Å². The lowest BCUT2D eigenvalue weighted by atomic mass is 10.1. The van der Waals surface area contributed by atoms with Gasteiger partial charge < -0.3 is 10.6 Å². The third-order valence-corrected chi connectivity index (χ3v) is 3.18. The summed E-state index contributed by atoms with van der Waals surface area (Å²) in [7, 11) is 1.82. The van der Waals surface area contributed by atoms with E-state index in [9.17, 15) is 10.1 Å². The molecule has 0 amide bonds. The minimum absolute atomic E-state index is 0.0397. The van der Waals surface area contributed by atoms with Crippen molar-refractivity contribution in [3.63, 3.8) is 0 Å². The molecule has 0 aromatic heterocycles. The van der Waals surface area contributed by atoms with Crippen LogP contribution < -0.4 is 10.6 Å². The molecule has 0 heterocycles. The highest BCUT2D eigenvalue weighted by Gasteiger charge is 2.20. The zero-order valence-corrected chi connectivity index (χ0v) is 11.5. The number of hydrogen-bond acceptors (Lipinski definition) is 4. The predicted molar refractivity (Wildman–Crippen MR) is 80.8 cm³/mol. The van der Waals surface area contributed by atoms with Gasteiger partial charge in [-0.05, 0) is 24.6 Å². The van der Waals surface area contributed by atoms with Crippen molar-refractivity contribution in [1.29, 1.82) is 0 Å². The lowest BCUT2D eigenvalue weighted by Gasteiger charge is -2.19. The number of nitrogens with two attached hydrogens (primary N) is 1. The highest BCUT2D eigenvalue weighted by molar-refractivity contribution is 5.75. The van der Waals surface area contributed by atoms with Crippen LogP contribution in [-0.4, -0.2) is 12.0 Å². The fourth-order valence-corrected chi connectivity index (χ4v) is 2.11. The predicted octanol–water partition coefficient (Wildman–Crippen LogP) is 3.12. The first-order valence-corrected chi connectivity index (χ1v) is 6.28. The van der Waals surface area contributed by atoms with E-state index in [2.05, 4.69) is 0 Å². The first kappa shape index (κ1) is 13.9. The van der Waals surface area contributed by atoms with E-state index in [4.69, 9.17) is 5.73 Å². The molecular formula is C15H17N3O2. The van der Waals surface area contributed by atoms with Crippen LogP contribution in [0, 0.1) is 17.0 Å². The Morgan fingerprint density at radius 3 is 2.45 bits per heavy atom. The monoisotopic (exact) mass is 271 g/mol. The standard InChI is InChI=1S/C15H17N3O2/c1-11-6-8-12(9-7-11)10-17(2)14-5-3-4-13(16)15(14)18(19)20/h3-9H,10,16H2,1-2H3. The Morgan fingerprint density at radius 1 is 1.20 bits per heavy atom. The second kappa shape index (κ2) is 5.61. The summed E-state index contributed by atoms with van der Waals surface area (Å²) in [5.74, 6) is 0. The van der Waals surface area contributed by atoms with E-state index in [1.807, 2.05) is 43.1 Å². The molecular weight excluding hydrogens is 254 g/mol. The summed E-state index contributed by atoms with van der Waals surface area (Å²) in [6.45, 7) is 2.61. The van der Waals surface area contributed by atoms with Crippen molar-refractivity contribution < 1.29 is 4.92 Å². The largest absolute Gasteiger partial charge is 0.393 e. The summed E-state index contributed by atoms with van der Waals surface area (Å²) in [6, 6.07) is 13.1. The van der Waals surface area contributed by atoms with Crippen LogP contribution in [0.5, 0.6) is 0 Å². The zero-order chi connectivity index (χ0) is 14.7. The van der Waals surface area contributed by atoms with Gasteiger partial charge in [0.1, 0.15) is 11.4 Å². The molecule has 0 spiro atoms. The van der Waals surface area contributed by atoms with Gasteiger partial charge in [-0.25, -0.2) is 0 Å². The molecule has 0 atom stereocenters. The molecule has 0 fully saturated rings. The SMILES string of the molecule is Cc1ccc(CN(C)c2cccc(N)c2[N+](=O)[O-])cc1. The number of nitrogen functional groups attached to an aromatic ring is 1. The Hall–Kier alpha value is -2.56. The van der Waals surface area contributed by atoms with Crippen LogP contribution in [0.3, 0.4) is 0 Å². The van der Waals surface area contributed by atoms with E-state index in [0.29, 0.717) is 12.2 Å². The van der Waals surface area contributed by atoms with Crippen molar-refractivity contribution in [2.45, 2.75) is 13.5 Å². The van der Waals surface area contributed by atoms with Crippen LogP contribution in [0.1, 0.15) is 11.1 Å². The van der Waals surface area contributed by atoms with Crippen LogP contribution in [0.2, 0.25) is 0 Å². The van der Waals surface area contributed by atoms with E-state index in [1.54, 1.807) is 18.2 Å². The number of rotatable bonds is 4. The Morgan fingerprint density at radius 2 is 1.85 bits per heavy atom. The minimum atomic E-state index is -0.434. The van der Waals surface area contributed by atoms with E-state index in [0.717, 1.165) is 5.56 Å². The van der Waals surface area contributed by atoms with Gasteiger partial charge in [0.15, 0.2) is 0 Å². The molecule has 0 aliphatic rings. The summed E-state index contributed by atoms with van der Waals surface area (Å²) in [5, 5.41) is 11.1. The maximum absolute atomic E-state index is 11.1. The fourth-order valence-electron chi connectivity index (χ4n) is 2.11. The Labute approximate surface area is 117 Å². The molecule has 0 saturated heterocycles. The molecule has 2 N–H and O–H groups in total. The second-order valence-corrected chi connectivity index (χ2v) is 4.81. The van der Waals surface area contributed by atoms with Gasteiger partial charge >= 0.3 is 5.69 Å². The zero-order valence-electron chi connectivity index (χ0n) is 11.5. The van der Waals surface area contributed by atoms with Crippen LogP contribution in [-0.2, 0) is 6.54 Å². The van der Waals surface area contributed by atoms with Crippen molar-refractivity contribution in [1.82, 2.24) is 0 Å². The fraction of sp³-hybridized carbons (Fsp3) is 0.200. The first-order chi connectivity index (χ1) is 9.49. The number of benzene rings is 2. The molecule has 0 unspecified atom stereocenters. The van der Waals surface area contributed by atoms with Crippen molar-refractivity contribution in [2.75, 3.05) is 17.7 Å². The molecule has 0 aliphatic heterocycles. The van der Waals surface area contributed by atoms with Gasteiger partial charge in [0.2, 0.25) is 0 Å². The average molecular weight is 271 g/mol. The molecule has 104 valence electrons. The molecule has 0 aliphatic carbocycles. The smallest absolute Gasteiger partial charge is 0.315 e. The van der Waals surface area contributed by atoms with Gasteiger partial charge in [-0.15, -0.1) is 0 Å². The summed E-state index contributed by atoms with van der Waals surface area (Å²) < 4.78 is 0. The van der Waals surface area contributed by atoms with Crippen molar-refractivity contribution in [2.24, 2.45) is 0 Å². The van der Waals surface area contributed by atoms with Gasteiger partial charge in [0.25, 0.3) is 0 Å². The third kappa shape index (κ3) is 2.88. The van der Waals surface area contributed by atoms with Crippen molar-refractivity contribution in [3.8, 4) is 0 Å². The lowest BCUT2D eigenvalue weighted by Crippen LogP contribution is -2.18. The number of para-hydroxylation sites is 1. The lowest BCUT2D eigenvalue weighted by molar-refractivity contribution is -0.383. The maximum atomic E-state index is 11.1. The number of anilines is 2. The number of nitrogens with zero attached hydrogens (tertiary/aromatic N) is 2. The van der Waals surface area contributed by atoms with Crippen LogP contribution in [0.4, 0.5) is 17.1 Å². The number of aryl methyl sites for hydroxylation is 1. The number of nitro groups is 1. The Balaban J connectivity index is 2.29. The normalized spacial score (nSPS) is 10.3. The average Bonchev–Trinajstić information content (AvgIpc) is 2.40. The molecule has 0 radical (unpaired) electrons. The quantitative estimate of drug-likeness (QED) is 0.527. The number of nitro benzene ring substituents is 1. The van der Waals surface area contributed by atoms with Crippen LogP contribution in [0.25, 0.3) is 0 Å². The van der Waals surface area contributed by atoms with E-state index < -0.39 is 4.92 Å². The van der Waals surface area contributed by atoms with Crippen LogP contribution in [0.15, 0.2) is 42.5 Å². The molecule has 2 aromatic rings. The summed E-state index contributed by atoms with van der Waals surface area (Å²) in [4.78, 5) is 12.5. The Bertz CT molecular complexity index is 624. The third-order valence-electron chi connectivity index (χ3n) is 3.18. The topological polar surface area (TPSA) is 72.4 Å². The van der Waals surface area contributed by atoms with Gasteiger partial charge in [0.05, 0.1) is 4.92 Å². The second-order valence-electron chi connectivity index (χ2n) is 4.81. The minimum Gasteiger partial charge on any atom is -0.393 e.